The molecule has 1 aromatic rings. The lowest BCUT2D eigenvalue weighted by Gasteiger charge is -2.11. The molecule has 5 heteroatoms. The van der Waals surface area contributed by atoms with Crippen LogP contribution in [0.4, 0.5) is 0 Å². The fraction of sp³-hybridized carbons (Fsp3) is 0.300. The minimum absolute atomic E-state index is 0.0144. The summed E-state index contributed by atoms with van der Waals surface area (Å²) in [7, 11) is 0. The van der Waals surface area contributed by atoms with Crippen LogP contribution < -0.4 is 5.73 Å². The van der Waals surface area contributed by atoms with E-state index >= 15 is 0 Å². The van der Waals surface area contributed by atoms with Gasteiger partial charge in [-0.3, -0.25) is 0 Å². The van der Waals surface area contributed by atoms with Gasteiger partial charge in [0.1, 0.15) is 0 Å². The number of rotatable bonds is 4. The first-order valence-corrected chi connectivity index (χ1v) is 4.83. The standard InChI is InChI=1S/C10H12ClNO3/c11-8-5-6(9(12)3-4-13)1-2-7(8)10(14)15/h1-2,5,9,13H,3-4,12H2,(H,14,15). The third-order valence-corrected chi connectivity index (χ3v) is 2.40. The predicted octanol–water partition coefficient (Wildman–Crippen LogP) is 1.42. The highest BCUT2D eigenvalue weighted by molar-refractivity contribution is 6.33. The summed E-state index contributed by atoms with van der Waals surface area (Å²) in [6, 6.07) is 4.22. The molecule has 0 bridgehead atoms. The van der Waals surface area contributed by atoms with Crippen molar-refractivity contribution >= 4 is 17.6 Å². The number of benzene rings is 1. The SMILES string of the molecule is NC(CCO)c1ccc(C(=O)O)c(Cl)c1. The number of aliphatic hydroxyl groups excluding tert-OH is 1. The molecular formula is C10H12ClNO3. The molecule has 82 valence electrons. The molecule has 0 heterocycles. The molecule has 0 aliphatic rings. The van der Waals surface area contributed by atoms with Crippen LogP contribution in [0.3, 0.4) is 0 Å². The summed E-state index contributed by atoms with van der Waals surface area (Å²) < 4.78 is 0. The fourth-order valence-corrected chi connectivity index (χ4v) is 1.51. The molecule has 1 rings (SSSR count). The molecule has 0 saturated carbocycles. The summed E-state index contributed by atoms with van der Waals surface area (Å²) in [6.07, 6.45) is 0.419. The Morgan fingerprint density at radius 2 is 2.20 bits per heavy atom. The summed E-state index contributed by atoms with van der Waals surface area (Å²) in [5.41, 5.74) is 6.51. The Balaban J connectivity index is 2.96. The van der Waals surface area contributed by atoms with Gasteiger partial charge in [-0.05, 0) is 24.1 Å². The Morgan fingerprint density at radius 3 is 2.67 bits per heavy atom. The number of carboxylic acid groups (broad SMARTS) is 1. The van der Waals surface area contributed by atoms with Gasteiger partial charge in [-0.15, -0.1) is 0 Å². The van der Waals surface area contributed by atoms with E-state index in [1.165, 1.54) is 12.1 Å². The van der Waals surface area contributed by atoms with Gasteiger partial charge in [-0.2, -0.15) is 0 Å². The Morgan fingerprint density at radius 1 is 1.53 bits per heavy atom. The highest BCUT2D eigenvalue weighted by Crippen LogP contribution is 2.22. The Bertz CT molecular complexity index is 368. The number of carbonyl (C=O) groups is 1. The zero-order chi connectivity index (χ0) is 11.4. The topological polar surface area (TPSA) is 83.5 Å². The Labute approximate surface area is 92.3 Å². The highest BCUT2D eigenvalue weighted by atomic mass is 35.5. The van der Waals surface area contributed by atoms with Crippen LogP contribution in [0.5, 0.6) is 0 Å². The number of aromatic carboxylic acids is 1. The molecule has 0 aliphatic carbocycles. The lowest BCUT2D eigenvalue weighted by molar-refractivity contribution is 0.0697. The van der Waals surface area contributed by atoms with Crippen LogP contribution >= 0.6 is 11.6 Å². The van der Waals surface area contributed by atoms with E-state index in [0.29, 0.717) is 6.42 Å². The quantitative estimate of drug-likeness (QED) is 0.729. The molecule has 0 amide bonds. The Hall–Kier alpha value is -1.10. The number of carboxylic acids is 1. The smallest absolute Gasteiger partial charge is 0.337 e. The molecule has 1 unspecified atom stereocenters. The summed E-state index contributed by atoms with van der Waals surface area (Å²) >= 11 is 5.77. The van der Waals surface area contributed by atoms with Gasteiger partial charge in [0.05, 0.1) is 10.6 Å². The van der Waals surface area contributed by atoms with Crippen molar-refractivity contribution in [1.29, 1.82) is 0 Å². The van der Waals surface area contributed by atoms with Crippen LogP contribution in [-0.2, 0) is 0 Å². The van der Waals surface area contributed by atoms with Crippen molar-refractivity contribution in [2.45, 2.75) is 12.5 Å². The first kappa shape index (κ1) is 12.0. The molecule has 0 aliphatic heterocycles. The maximum absolute atomic E-state index is 10.7. The molecule has 0 spiro atoms. The van der Waals surface area contributed by atoms with E-state index < -0.39 is 5.97 Å². The monoisotopic (exact) mass is 229 g/mol. The first-order valence-electron chi connectivity index (χ1n) is 4.45. The minimum atomic E-state index is -1.07. The van der Waals surface area contributed by atoms with Crippen molar-refractivity contribution in [3.05, 3.63) is 34.3 Å². The lowest BCUT2D eigenvalue weighted by Crippen LogP contribution is -2.12. The zero-order valence-corrected chi connectivity index (χ0v) is 8.74. The number of hydrogen-bond acceptors (Lipinski definition) is 3. The molecular weight excluding hydrogens is 218 g/mol. The summed E-state index contributed by atoms with van der Waals surface area (Å²) in [5, 5.41) is 17.6. The van der Waals surface area contributed by atoms with E-state index in [1.54, 1.807) is 6.07 Å². The maximum Gasteiger partial charge on any atom is 0.337 e. The molecule has 1 aromatic carbocycles. The second-order valence-electron chi connectivity index (χ2n) is 3.16. The van der Waals surface area contributed by atoms with Crippen molar-refractivity contribution in [3.8, 4) is 0 Å². The average Bonchev–Trinajstić information content (AvgIpc) is 2.17. The minimum Gasteiger partial charge on any atom is -0.478 e. The van der Waals surface area contributed by atoms with Gasteiger partial charge in [0, 0.05) is 12.6 Å². The Kier molecular flexibility index (Phi) is 4.08. The van der Waals surface area contributed by atoms with Gasteiger partial charge in [-0.1, -0.05) is 17.7 Å². The van der Waals surface area contributed by atoms with E-state index in [0.717, 1.165) is 5.56 Å². The summed E-state index contributed by atoms with van der Waals surface area (Å²) in [6.45, 7) is -0.0144. The number of halogens is 1. The van der Waals surface area contributed by atoms with Crippen LogP contribution in [0.1, 0.15) is 28.4 Å². The van der Waals surface area contributed by atoms with Crippen LogP contribution in [0.2, 0.25) is 5.02 Å². The molecule has 0 saturated heterocycles. The van der Waals surface area contributed by atoms with E-state index in [-0.39, 0.29) is 23.2 Å². The molecule has 4 N–H and O–H groups in total. The average molecular weight is 230 g/mol. The third kappa shape index (κ3) is 2.92. The molecule has 4 nitrogen and oxygen atoms in total. The van der Waals surface area contributed by atoms with Crippen LogP contribution in [0.15, 0.2) is 18.2 Å². The van der Waals surface area contributed by atoms with Crippen LogP contribution in [0.25, 0.3) is 0 Å². The highest BCUT2D eigenvalue weighted by Gasteiger charge is 2.11. The van der Waals surface area contributed by atoms with Gasteiger partial charge < -0.3 is 15.9 Å². The van der Waals surface area contributed by atoms with E-state index in [9.17, 15) is 4.79 Å². The third-order valence-electron chi connectivity index (χ3n) is 2.09. The van der Waals surface area contributed by atoms with E-state index in [1.807, 2.05) is 0 Å². The van der Waals surface area contributed by atoms with Crippen molar-refractivity contribution in [2.75, 3.05) is 6.61 Å². The van der Waals surface area contributed by atoms with Gasteiger partial charge in [0.15, 0.2) is 0 Å². The number of aliphatic hydroxyl groups is 1. The number of hydrogen-bond donors (Lipinski definition) is 3. The fourth-order valence-electron chi connectivity index (χ4n) is 1.24. The molecule has 0 radical (unpaired) electrons. The second kappa shape index (κ2) is 5.11. The largest absolute Gasteiger partial charge is 0.478 e. The zero-order valence-electron chi connectivity index (χ0n) is 7.98. The summed E-state index contributed by atoms with van der Waals surface area (Å²) in [4.78, 5) is 10.7. The van der Waals surface area contributed by atoms with Crippen molar-refractivity contribution in [1.82, 2.24) is 0 Å². The van der Waals surface area contributed by atoms with E-state index in [4.69, 9.17) is 27.5 Å². The van der Waals surface area contributed by atoms with Crippen molar-refractivity contribution in [2.24, 2.45) is 5.73 Å². The van der Waals surface area contributed by atoms with E-state index in [2.05, 4.69) is 0 Å². The van der Waals surface area contributed by atoms with Gasteiger partial charge in [-0.25, -0.2) is 4.79 Å². The molecule has 0 aromatic heterocycles. The molecule has 1 atom stereocenters. The second-order valence-corrected chi connectivity index (χ2v) is 3.57. The maximum atomic E-state index is 10.7. The van der Waals surface area contributed by atoms with Gasteiger partial charge >= 0.3 is 5.97 Å². The molecule has 15 heavy (non-hydrogen) atoms. The normalized spacial score (nSPS) is 12.5. The lowest BCUT2D eigenvalue weighted by atomic mass is 10.0. The first-order chi connectivity index (χ1) is 7.06. The van der Waals surface area contributed by atoms with Crippen LogP contribution in [0, 0.1) is 0 Å². The predicted molar refractivity (Wildman–Crippen MR) is 57.0 cm³/mol. The van der Waals surface area contributed by atoms with Crippen LogP contribution in [-0.4, -0.2) is 22.8 Å². The van der Waals surface area contributed by atoms with Crippen molar-refractivity contribution < 1.29 is 15.0 Å². The van der Waals surface area contributed by atoms with Crippen molar-refractivity contribution in [3.63, 3.8) is 0 Å². The van der Waals surface area contributed by atoms with Gasteiger partial charge in [0.2, 0.25) is 0 Å². The summed E-state index contributed by atoms with van der Waals surface area (Å²) in [5.74, 6) is -1.07. The number of nitrogens with two attached hydrogens (primary N) is 1. The molecule has 0 fully saturated rings. The van der Waals surface area contributed by atoms with Gasteiger partial charge in [0.25, 0.3) is 0 Å².